The van der Waals surface area contributed by atoms with E-state index in [1.165, 1.54) is 0 Å². The molecule has 0 aromatic heterocycles. The van der Waals surface area contributed by atoms with Crippen LogP contribution in [0.2, 0.25) is 0 Å². The van der Waals surface area contributed by atoms with E-state index in [-0.39, 0.29) is 24.1 Å². The highest BCUT2D eigenvalue weighted by Crippen LogP contribution is 2.21. The number of amides is 1. The predicted octanol–water partition coefficient (Wildman–Crippen LogP) is 1.54. The summed E-state index contributed by atoms with van der Waals surface area (Å²) in [6, 6.07) is 7.96. The lowest BCUT2D eigenvalue weighted by Crippen LogP contribution is -2.34. The van der Waals surface area contributed by atoms with Crippen LogP contribution in [-0.4, -0.2) is 33.2 Å². The third-order valence-corrected chi connectivity index (χ3v) is 4.74. The molecule has 0 fully saturated rings. The van der Waals surface area contributed by atoms with Gasteiger partial charge in [0.05, 0.1) is 5.75 Å². The van der Waals surface area contributed by atoms with Crippen molar-refractivity contribution in [2.24, 2.45) is 0 Å². The van der Waals surface area contributed by atoms with Gasteiger partial charge in [0.2, 0.25) is 15.9 Å². The quantitative estimate of drug-likeness (QED) is 0.764. The average Bonchev–Trinajstić information content (AvgIpc) is 2.38. The first-order chi connectivity index (χ1) is 9.85. The van der Waals surface area contributed by atoms with Crippen molar-refractivity contribution >= 4 is 15.9 Å². The van der Waals surface area contributed by atoms with E-state index in [9.17, 15) is 13.2 Å². The molecule has 0 bridgehead atoms. The summed E-state index contributed by atoms with van der Waals surface area (Å²) in [6.45, 7) is 6.24. The van der Waals surface area contributed by atoms with Crippen molar-refractivity contribution in [3.63, 3.8) is 0 Å². The molecule has 0 aliphatic heterocycles. The van der Waals surface area contributed by atoms with Crippen LogP contribution in [0.1, 0.15) is 37.3 Å². The maximum absolute atomic E-state index is 11.9. The Bertz CT molecular complexity index is 570. The minimum Gasteiger partial charge on any atom is -0.355 e. The second kappa shape index (κ2) is 8.14. The Hall–Kier alpha value is -1.40. The van der Waals surface area contributed by atoms with Crippen molar-refractivity contribution in [2.45, 2.75) is 33.1 Å². The number of carbonyl (C=O) groups excluding carboxylic acids is 1. The molecular weight excluding hydrogens is 288 g/mol. The SMILES string of the molecule is CCNS(=O)(=O)CCNC(=O)C[C@H](C)c1ccccc1C. The molecule has 0 unspecified atom stereocenters. The van der Waals surface area contributed by atoms with Gasteiger partial charge < -0.3 is 5.32 Å². The lowest BCUT2D eigenvalue weighted by Gasteiger charge is -2.14. The van der Waals surface area contributed by atoms with E-state index >= 15 is 0 Å². The third-order valence-electron chi connectivity index (χ3n) is 3.27. The van der Waals surface area contributed by atoms with Gasteiger partial charge in [0.1, 0.15) is 0 Å². The Morgan fingerprint density at radius 1 is 1.29 bits per heavy atom. The monoisotopic (exact) mass is 312 g/mol. The number of sulfonamides is 1. The fourth-order valence-electron chi connectivity index (χ4n) is 2.22. The summed E-state index contributed by atoms with van der Waals surface area (Å²) in [5.41, 5.74) is 2.31. The summed E-state index contributed by atoms with van der Waals surface area (Å²) in [4.78, 5) is 11.9. The maximum Gasteiger partial charge on any atom is 0.220 e. The molecule has 1 aromatic rings. The van der Waals surface area contributed by atoms with Crippen molar-refractivity contribution < 1.29 is 13.2 Å². The molecule has 1 aromatic carbocycles. The number of rotatable bonds is 8. The van der Waals surface area contributed by atoms with E-state index in [0.717, 1.165) is 11.1 Å². The lowest BCUT2D eigenvalue weighted by atomic mass is 9.93. The topological polar surface area (TPSA) is 75.3 Å². The van der Waals surface area contributed by atoms with Crippen LogP contribution in [0.15, 0.2) is 24.3 Å². The van der Waals surface area contributed by atoms with Crippen molar-refractivity contribution in [1.29, 1.82) is 0 Å². The van der Waals surface area contributed by atoms with Gasteiger partial charge in [-0.15, -0.1) is 0 Å². The molecule has 1 amide bonds. The zero-order chi connectivity index (χ0) is 15.9. The number of benzene rings is 1. The first-order valence-electron chi connectivity index (χ1n) is 7.15. The van der Waals surface area contributed by atoms with Gasteiger partial charge in [-0.25, -0.2) is 13.1 Å². The number of aryl methyl sites for hydroxylation is 1. The molecule has 5 nitrogen and oxygen atoms in total. The molecule has 1 atom stereocenters. The molecule has 1 rings (SSSR count). The van der Waals surface area contributed by atoms with Gasteiger partial charge in [0.15, 0.2) is 0 Å². The van der Waals surface area contributed by atoms with Gasteiger partial charge in [-0.1, -0.05) is 38.1 Å². The number of nitrogens with one attached hydrogen (secondary N) is 2. The summed E-state index contributed by atoms with van der Waals surface area (Å²) >= 11 is 0. The maximum atomic E-state index is 11.9. The first-order valence-corrected chi connectivity index (χ1v) is 8.80. The van der Waals surface area contributed by atoms with Gasteiger partial charge >= 0.3 is 0 Å². The Morgan fingerprint density at radius 3 is 2.57 bits per heavy atom. The van der Waals surface area contributed by atoms with Crippen LogP contribution in [0.3, 0.4) is 0 Å². The smallest absolute Gasteiger partial charge is 0.220 e. The van der Waals surface area contributed by atoms with Crippen LogP contribution in [-0.2, 0) is 14.8 Å². The predicted molar refractivity (Wildman–Crippen MR) is 84.7 cm³/mol. The van der Waals surface area contributed by atoms with Gasteiger partial charge in [-0.05, 0) is 24.0 Å². The zero-order valence-electron chi connectivity index (χ0n) is 12.8. The van der Waals surface area contributed by atoms with E-state index in [4.69, 9.17) is 0 Å². The van der Waals surface area contributed by atoms with Crippen LogP contribution < -0.4 is 10.0 Å². The summed E-state index contributed by atoms with van der Waals surface area (Å²) in [5.74, 6) is -0.111. The molecule has 0 radical (unpaired) electrons. The lowest BCUT2D eigenvalue weighted by molar-refractivity contribution is -0.121. The molecular formula is C15H24N2O3S. The minimum absolute atomic E-state index is 0.0919. The van der Waals surface area contributed by atoms with Crippen molar-refractivity contribution in [3.05, 3.63) is 35.4 Å². The third kappa shape index (κ3) is 6.27. The van der Waals surface area contributed by atoms with Gasteiger partial charge in [-0.3, -0.25) is 4.79 Å². The van der Waals surface area contributed by atoms with Crippen LogP contribution in [0.4, 0.5) is 0 Å². The second-order valence-electron chi connectivity index (χ2n) is 5.13. The van der Waals surface area contributed by atoms with Crippen LogP contribution in [0.5, 0.6) is 0 Å². The minimum atomic E-state index is -3.28. The van der Waals surface area contributed by atoms with Crippen LogP contribution in [0.25, 0.3) is 0 Å². The molecule has 0 saturated carbocycles. The van der Waals surface area contributed by atoms with E-state index in [1.807, 2.05) is 38.1 Å². The summed E-state index contributed by atoms with van der Waals surface area (Å²) in [7, 11) is -3.28. The highest BCUT2D eigenvalue weighted by Gasteiger charge is 2.14. The summed E-state index contributed by atoms with van der Waals surface area (Å²) < 4.78 is 25.3. The Morgan fingerprint density at radius 2 is 1.95 bits per heavy atom. The highest BCUT2D eigenvalue weighted by molar-refractivity contribution is 7.89. The first kappa shape index (κ1) is 17.7. The summed E-state index contributed by atoms with van der Waals surface area (Å²) in [5, 5.41) is 2.66. The van der Waals surface area contributed by atoms with E-state index in [2.05, 4.69) is 10.0 Å². The van der Waals surface area contributed by atoms with Gasteiger partial charge in [0.25, 0.3) is 0 Å². The van der Waals surface area contributed by atoms with Crippen LogP contribution >= 0.6 is 0 Å². The fraction of sp³-hybridized carbons (Fsp3) is 0.533. The Balaban J connectivity index is 2.42. The van der Waals surface area contributed by atoms with Gasteiger partial charge in [-0.2, -0.15) is 0 Å². The Labute approximate surface area is 127 Å². The molecule has 118 valence electrons. The van der Waals surface area contributed by atoms with Gasteiger partial charge in [0, 0.05) is 19.5 Å². The van der Waals surface area contributed by atoms with Crippen molar-refractivity contribution in [3.8, 4) is 0 Å². The Kier molecular flexibility index (Phi) is 6.84. The van der Waals surface area contributed by atoms with Crippen molar-refractivity contribution in [1.82, 2.24) is 10.0 Å². The van der Waals surface area contributed by atoms with E-state index < -0.39 is 10.0 Å². The normalized spacial score (nSPS) is 12.9. The number of carbonyl (C=O) groups is 1. The number of hydrogen-bond acceptors (Lipinski definition) is 3. The zero-order valence-corrected chi connectivity index (χ0v) is 13.7. The molecule has 0 spiro atoms. The molecule has 6 heteroatoms. The molecule has 0 aliphatic rings. The van der Waals surface area contributed by atoms with Crippen LogP contribution in [0, 0.1) is 6.92 Å². The number of hydrogen-bond donors (Lipinski definition) is 2. The fourth-order valence-corrected chi connectivity index (χ4v) is 3.17. The van der Waals surface area contributed by atoms with E-state index in [0.29, 0.717) is 13.0 Å². The summed E-state index contributed by atoms with van der Waals surface area (Å²) in [6.07, 6.45) is 0.353. The van der Waals surface area contributed by atoms with Crippen molar-refractivity contribution in [2.75, 3.05) is 18.8 Å². The molecule has 0 heterocycles. The molecule has 0 aliphatic carbocycles. The molecule has 21 heavy (non-hydrogen) atoms. The standard InChI is InChI=1S/C15H24N2O3S/c1-4-17-21(19,20)10-9-16-15(18)11-13(3)14-8-6-5-7-12(14)2/h5-8,13,17H,4,9-11H2,1-3H3,(H,16,18)/t13-/m0/s1. The molecule has 0 saturated heterocycles. The highest BCUT2D eigenvalue weighted by atomic mass is 32.2. The largest absolute Gasteiger partial charge is 0.355 e. The average molecular weight is 312 g/mol. The molecule has 2 N–H and O–H groups in total. The van der Waals surface area contributed by atoms with E-state index in [1.54, 1.807) is 6.92 Å². The second-order valence-corrected chi connectivity index (χ2v) is 7.05.